The third-order valence-electron chi connectivity index (χ3n) is 5.18. The van der Waals surface area contributed by atoms with E-state index in [0.717, 1.165) is 17.4 Å². The molecule has 0 radical (unpaired) electrons. The first kappa shape index (κ1) is 23.5. The number of carbonyl (C=O) groups excluding carboxylic acids is 2. The van der Waals surface area contributed by atoms with Gasteiger partial charge in [-0.15, -0.1) is 0 Å². The van der Waals surface area contributed by atoms with E-state index in [1.807, 2.05) is 37.3 Å². The molecule has 0 aliphatic carbocycles. The minimum absolute atomic E-state index is 0.165. The van der Waals surface area contributed by atoms with Crippen molar-refractivity contribution < 1.29 is 22.7 Å². The standard InChI is InChI=1S/C23H27N3O5S/c1-4-31-22(27)20-19(25-23(28)26-21(20)17-8-6-5-7-9-17)14-24-15(2)16-10-12-18(13-11-16)32(3,29)30/h5-13,15,21,24H,4,14H2,1-3H3,(H2,25,26,28)/t15-,21+/m0/s1. The van der Waals surface area contributed by atoms with Crippen molar-refractivity contribution in [3.8, 4) is 0 Å². The number of carbonyl (C=O) groups is 2. The molecule has 0 fully saturated rings. The lowest BCUT2D eigenvalue weighted by atomic mass is 9.95. The van der Waals surface area contributed by atoms with Crippen molar-refractivity contribution in [2.75, 3.05) is 19.4 Å². The van der Waals surface area contributed by atoms with Crippen molar-refractivity contribution in [1.29, 1.82) is 0 Å². The number of hydrogen-bond donors (Lipinski definition) is 3. The van der Waals surface area contributed by atoms with E-state index in [2.05, 4.69) is 16.0 Å². The number of urea groups is 1. The Morgan fingerprint density at radius 1 is 1.12 bits per heavy atom. The molecule has 32 heavy (non-hydrogen) atoms. The zero-order valence-electron chi connectivity index (χ0n) is 18.2. The fraction of sp³-hybridized carbons (Fsp3) is 0.304. The molecule has 0 aromatic heterocycles. The lowest BCUT2D eigenvalue weighted by Gasteiger charge is -2.30. The number of ether oxygens (including phenoxy) is 1. The van der Waals surface area contributed by atoms with Gasteiger partial charge < -0.3 is 20.7 Å². The van der Waals surface area contributed by atoms with Gasteiger partial charge in [0.2, 0.25) is 0 Å². The molecule has 9 heteroatoms. The van der Waals surface area contributed by atoms with E-state index in [0.29, 0.717) is 11.3 Å². The van der Waals surface area contributed by atoms with Gasteiger partial charge >= 0.3 is 12.0 Å². The molecule has 0 bridgehead atoms. The Hall–Kier alpha value is -3.17. The lowest BCUT2D eigenvalue weighted by molar-refractivity contribution is -0.139. The molecular formula is C23H27N3O5S. The fourth-order valence-corrected chi connectivity index (χ4v) is 4.11. The summed E-state index contributed by atoms with van der Waals surface area (Å²) in [6.07, 6.45) is 1.16. The Morgan fingerprint density at radius 2 is 1.78 bits per heavy atom. The highest BCUT2D eigenvalue weighted by Crippen LogP contribution is 2.28. The number of hydrogen-bond acceptors (Lipinski definition) is 6. The van der Waals surface area contributed by atoms with Gasteiger partial charge in [0.05, 0.1) is 23.1 Å². The summed E-state index contributed by atoms with van der Waals surface area (Å²) in [6.45, 7) is 4.06. The predicted octanol–water partition coefficient (Wildman–Crippen LogP) is 2.61. The number of esters is 1. The smallest absolute Gasteiger partial charge is 0.338 e. The van der Waals surface area contributed by atoms with Gasteiger partial charge in [-0.1, -0.05) is 42.5 Å². The molecule has 1 aliphatic rings. The molecule has 0 unspecified atom stereocenters. The average Bonchev–Trinajstić information content (AvgIpc) is 2.77. The zero-order chi connectivity index (χ0) is 23.3. The topological polar surface area (TPSA) is 114 Å². The average molecular weight is 458 g/mol. The summed E-state index contributed by atoms with van der Waals surface area (Å²) in [7, 11) is -3.27. The van der Waals surface area contributed by atoms with E-state index in [-0.39, 0.29) is 24.1 Å². The van der Waals surface area contributed by atoms with Gasteiger partial charge in [-0.3, -0.25) is 0 Å². The quantitative estimate of drug-likeness (QED) is 0.525. The monoisotopic (exact) mass is 457 g/mol. The summed E-state index contributed by atoms with van der Waals surface area (Å²) in [5.41, 5.74) is 2.41. The Kier molecular flexibility index (Phi) is 7.32. The molecule has 0 saturated heterocycles. The maximum atomic E-state index is 12.8. The number of sulfone groups is 1. The zero-order valence-corrected chi connectivity index (χ0v) is 19.0. The van der Waals surface area contributed by atoms with Gasteiger partial charge in [0.1, 0.15) is 0 Å². The van der Waals surface area contributed by atoms with Crippen LogP contribution in [0, 0.1) is 0 Å². The summed E-state index contributed by atoms with van der Waals surface area (Å²) in [5.74, 6) is -0.504. The van der Waals surface area contributed by atoms with Crippen molar-refractivity contribution in [1.82, 2.24) is 16.0 Å². The van der Waals surface area contributed by atoms with Crippen molar-refractivity contribution in [2.24, 2.45) is 0 Å². The van der Waals surface area contributed by atoms with Crippen molar-refractivity contribution in [3.63, 3.8) is 0 Å². The second-order valence-corrected chi connectivity index (χ2v) is 9.51. The highest BCUT2D eigenvalue weighted by atomic mass is 32.2. The first-order chi connectivity index (χ1) is 15.2. The molecule has 8 nitrogen and oxygen atoms in total. The molecule has 0 saturated carbocycles. The predicted molar refractivity (Wildman–Crippen MR) is 120 cm³/mol. The van der Waals surface area contributed by atoms with Crippen LogP contribution in [0.15, 0.2) is 70.8 Å². The summed E-state index contributed by atoms with van der Waals surface area (Å²) >= 11 is 0. The lowest BCUT2D eigenvalue weighted by Crippen LogP contribution is -2.48. The molecule has 170 valence electrons. The van der Waals surface area contributed by atoms with Gasteiger partial charge in [-0.25, -0.2) is 18.0 Å². The summed E-state index contributed by atoms with van der Waals surface area (Å²) in [6, 6.07) is 14.6. The van der Waals surface area contributed by atoms with Crippen molar-refractivity contribution in [2.45, 2.75) is 30.8 Å². The van der Waals surface area contributed by atoms with Crippen LogP contribution < -0.4 is 16.0 Å². The Morgan fingerprint density at radius 3 is 2.38 bits per heavy atom. The number of nitrogens with one attached hydrogen (secondary N) is 3. The molecule has 0 spiro atoms. The van der Waals surface area contributed by atoms with Gasteiger partial charge in [0, 0.05) is 24.5 Å². The molecule has 3 N–H and O–H groups in total. The molecule has 1 heterocycles. The van der Waals surface area contributed by atoms with Crippen LogP contribution in [0.4, 0.5) is 4.79 Å². The third kappa shape index (κ3) is 5.54. The van der Waals surface area contributed by atoms with E-state index in [1.165, 1.54) is 0 Å². The normalized spacial score (nSPS) is 17.3. The fourth-order valence-electron chi connectivity index (χ4n) is 3.48. The molecular weight excluding hydrogens is 430 g/mol. The molecule has 1 aliphatic heterocycles. The second kappa shape index (κ2) is 9.97. The van der Waals surface area contributed by atoms with E-state index in [4.69, 9.17) is 4.74 Å². The summed E-state index contributed by atoms with van der Waals surface area (Å²) in [5, 5.41) is 8.82. The third-order valence-corrected chi connectivity index (χ3v) is 6.30. The van der Waals surface area contributed by atoms with Crippen molar-refractivity contribution >= 4 is 21.8 Å². The van der Waals surface area contributed by atoms with Crippen LogP contribution >= 0.6 is 0 Å². The minimum Gasteiger partial charge on any atom is -0.463 e. The number of rotatable bonds is 8. The van der Waals surface area contributed by atoms with Crippen molar-refractivity contribution in [3.05, 3.63) is 77.0 Å². The highest BCUT2D eigenvalue weighted by Gasteiger charge is 2.33. The SMILES string of the molecule is CCOC(=O)C1=C(CN[C@@H](C)c2ccc(S(C)(=O)=O)cc2)NC(=O)N[C@@H]1c1ccccc1. The highest BCUT2D eigenvalue weighted by molar-refractivity contribution is 7.90. The first-order valence-corrected chi connectivity index (χ1v) is 12.2. The van der Waals surface area contributed by atoms with Crippen LogP contribution in [0.3, 0.4) is 0 Å². The minimum atomic E-state index is -3.27. The van der Waals surface area contributed by atoms with E-state index in [1.54, 1.807) is 31.2 Å². The van der Waals surface area contributed by atoms with E-state index < -0.39 is 27.9 Å². The second-order valence-electron chi connectivity index (χ2n) is 7.50. The summed E-state index contributed by atoms with van der Waals surface area (Å²) < 4.78 is 28.6. The maximum absolute atomic E-state index is 12.8. The van der Waals surface area contributed by atoms with E-state index >= 15 is 0 Å². The Labute approximate surface area is 188 Å². The Bertz CT molecular complexity index is 1110. The largest absolute Gasteiger partial charge is 0.463 e. The first-order valence-electron chi connectivity index (χ1n) is 10.3. The van der Waals surface area contributed by atoms with Gasteiger partial charge in [0.25, 0.3) is 0 Å². The van der Waals surface area contributed by atoms with Crippen LogP contribution in [0.25, 0.3) is 0 Å². The van der Waals surface area contributed by atoms with Crippen LogP contribution in [0.2, 0.25) is 0 Å². The molecule has 2 aromatic rings. The summed E-state index contributed by atoms with van der Waals surface area (Å²) in [4.78, 5) is 25.4. The van der Waals surface area contributed by atoms with Crippen LogP contribution in [0.5, 0.6) is 0 Å². The van der Waals surface area contributed by atoms with E-state index in [9.17, 15) is 18.0 Å². The van der Waals surface area contributed by atoms with Gasteiger partial charge in [-0.05, 0) is 37.1 Å². The molecule has 2 aromatic carbocycles. The Balaban J connectivity index is 1.86. The van der Waals surface area contributed by atoms with Crippen LogP contribution in [0.1, 0.15) is 37.1 Å². The molecule has 2 atom stereocenters. The van der Waals surface area contributed by atoms with Gasteiger partial charge in [0.15, 0.2) is 9.84 Å². The van der Waals surface area contributed by atoms with Crippen LogP contribution in [-0.2, 0) is 19.4 Å². The molecule has 3 rings (SSSR count). The number of benzene rings is 2. The maximum Gasteiger partial charge on any atom is 0.338 e. The molecule has 2 amide bonds. The van der Waals surface area contributed by atoms with Crippen LogP contribution in [-0.4, -0.2) is 39.8 Å². The van der Waals surface area contributed by atoms with Gasteiger partial charge in [-0.2, -0.15) is 0 Å². The number of amides is 2.